The third-order valence-electron chi connectivity index (χ3n) is 7.17. The number of benzene rings is 2. The number of amides is 1. The summed E-state index contributed by atoms with van der Waals surface area (Å²) >= 11 is 0. The Labute approximate surface area is 224 Å². The zero-order chi connectivity index (χ0) is 27.6. The van der Waals surface area contributed by atoms with Crippen LogP contribution in [-0.2, 0) is 21.4 Å². The molecule has 0 bridgehead atoms. The topological polar surface area (TPSA) is 113 Å². The summed E-state index contributed by atoms with van der Waals surface area (Å²) in [5.74, 6) is -0.222. The number of sulfonamides is 1. The number of hydrogen-bond acceptors (Lipinski definition) is 7. The normalized spacial score (nSPS) is 19.6. The highest BCUT2D eigenvalue weighted by Crippen LogP contribution is 2.31. The van der Waals surface area contributed by atoms with Gasteiger partial charge in [-0.3, -0.25) is 4.79 Å². The molecule has 9 nitrogen and oxygen atoms in total. The van der Waals surface area contributed by atoms with Gasteiger partial charge in [0.05, 0.1) is 25.4 Å². The zero-order valence-corrected chi connectivity index (χ0v) is 23.2. The van der Waals surface area contributed by atoms with Gasteiger partial charge < -0.3 is 19.3 Å². The molecule has 0 radical (unpaired) electrons. The summed E-state index contributed by atoms with van der Waals surface area (Å²) in [6.07, 6.45) is -0.550. The van der Waals surface area contributed by atoms with Gasteiger partial charge in [0, 0.05) is 31.6 Å². The fourth-order valence-electron chi connectivity index (χ4n) is 4.90. The summed E-state index contributed by atoms with van der Waals surface area (Å²) in [5, 5.41) is 13.8. The number of hydrogen-bond donors (Lipinski definition) is 1. The van der Waals surface area contributed by atoms with E-state index in [0.717, 1.165) is 16.7 Å². The molecule has 38 heavy (non-hydrogen) atoms. The van der Waals surface area contributed by atoms with Crippen LogP contribution in [0, 0.1) is 19.8 Å². The number of nitrogens with zero attached hydrogens (tertiary/aromatic N) is 3. The van der Waals surface area contributed by atoms with Crippen molar-refractivity contribution in [3.8, 4) is 11.1 Å². The van der Waals surface area contributed by atoms with Crippen molar-refractivity contribution < 1.29 is 27.6 Å². The Morgan fingerprint density at radius 3 is 2.37 bits per heavy atom. The van der Waals surface area contributed by atoms with E-state index in [-0.39, 0.29) is 48.8 Å². The lowest BCUT2D eigenvalue weighted by atomic mass is 9.94. The average Bonchev–Trinajstić information content (AvgIpc) is 3.25. The minimum Gasteiger partial charge on any atom is -0.394 e. The van der Waals surface area contributed by atoms with Gasteiger partial charge in [-0.05, 0) is 43.5 Å². The number of aryl methyl sites for hydroxylation is 2. The predicted octanol–water partition coefficient (Wildman–Crippen LogP) is 3.64. The molecular weight excluding hydrogens is 506 g/mol. The number of rotatable bonds is 6. The molecule has 3 aromatic rings. The summed E-state index contributed by atoms with van der Waals surface area (Å²) < 4.78 is 39.7. The van der Waals surface area contributed by atoms with Gasteiger partial charge >= 0.3 is 0 Å². The summed E-state index contributed by atoms with van der Waals surface area (Å²) in [4.78, 5) is 15.6. The summed E-state index contributed by atoms with van der Waals surface area (Å²) in [5.41, 5.74) is 3.40. The Bertz CT molecular complexity index is 1380. The van der Waals surface area contributed by atoms with E-state index >= 15 is 0 Å². The summed E-state index contributed by atoms with van der Waals surface area (Å²) in [6, 6.07) is 14.7. The molecule has 0 aliphatic carbocycles. The van der Waals surface area contributed by atoms with Crippen LogP contribution >= 0.6 is 0 Å². The van der Waals surface area contributed by atoms with Crippen molar-refractivity contribution >= 4 is 15.9 Å². The number of aliphatic hydroxyl groups is 1. The number of aromatic nitrogens is 1. The van der Waals surface area contributed by atoms with E-state index in [9.17, 15) is 18.3 Å². The molecule has 1 aliphatic heterocycles. The second kappa shape index (κ2) is 11.4. The molecule has 0 spiro atoms. The molecule has 204 valence electrons. The molecule has 2 heterocycles. The number of likely N-dealkylation sites (N-methyl/N-ethyl adjacent to an activating group) is 1. The predicted molar refractivity (Wildman–Crippen MR) is 143 cm³/mol. The summed E-state index contributed by atoms with van der Waals surface area (Å²) in [7, 11) is -2.39. The van der Waals surface area contributed by atoms with Gasteiger partial charge in [-0.2, -0.15) is 4.31 Å². The maximum atomic E-state index is 13.9. The number of carbonyl (C=O) groups excluding carboxylic acids is 1. The standard InChI is InChI=1S/C28H35N3O6S/c1-18-14-31(19(2)16-32)28(33)25-13-9-8-12-24(25)23-11-7-6-10-22(23)17-36-26(18)15-30(5)38(34,35)27-20(3)29-37-21(27)4/h6-13,18-19,26,32H,14-17H2,1-5H3/t18-,19-,26-/m0/s1. The van der Waals surface area contributed by atoms with Gasteiger partial charge in [0.2, 0.25) is 10.0 Å². The lowest BCUT2D eigenvalue weighted by molar-refractivity contribution is -0.0146. The first kappa shape index (κ1) is 28.0. The zero-order valence-electron chi connectivity index (χ0n) is 22.4. The number of aliphatic hydroxyl groups excluding tert-OH is 1. The van der Waals surface area contributed by atoms with Gasteiger partial charge in [0.1, 0.15) is 10.6 Å². The van der Waals surface area contributed by atoms with Crippen LogP contribution < -0.4 is 0 Å². The third-order valence-corrected chi connectivity index (χ3v) is 9.24. The van der Waals surface area contributed by atoms with Gasteiger partial charge in [0.15, 0.2) is 5.76 Å². The molecule has 0 saturated heterocycles. The number of fused-ring (bicyclic) bond motifs is 3. The Morgan fingerprint density at radius 2 is 1.74 bits per heavy atom. The van der Waals surface area contributed by atoms with Crippen LogP contribution in [0.1, 0.15) is 41.2 Å². The Hall–Kier alpha value is -3.05. The molecule has 0 fully saturated rings. The van der Waals surface area contributed by atoms with Gasteiger partial charge in [-0.1, -0.05) is 54.5 Å². The van der Waals surface area contributed by atoms with Crippen LogP contribution in [0.25, 0.3) is 11.1 Å². The van der Waals surface area contributed by atoms with Gasteiger partial charge in [0.25, 0.3) is 5.91 Å². The first-order valence-electron chi connectivity index (χ1n) is 12.7. The third kappa shape index (κ3) is 5.40. The molecule has 1 aliphatic rings. The van der Waals surface area contributed by atoms with Crippen molar-refractivity contribution in [1.29, 1.82) is 0 Å². The van der Waals surface area contributed by atoms with Crippen molar-refractivity contribution in [2.45, 2.75) is 51.3 Å². The minimum atomic E-state index is -3.90. The van der Waals surface area contributed by atoms with Crippen LogP contribution in [0.5, 0.6) is 0 Å². The smallest absolute Gasteiger partial charge is 0.254 e. The first-order valence-corrected chi connectivity index (χ1v) is 14.1. The molecule has 4 rings (SSSR count). The fourth-order valence-corrected chi connectivity index (χ4v) is 6.37. The van der Waals surface area contributed by atoms with E-state index in [1.165, 1.54) is 11.4 Å². The highest BCUT2D eigenvalue weighted by atomic mass is 32.2. The second-order valence-electron chi connectivity index (χ2n) is 9.96. The van der Waals surface area contributed by atoms with Crippen LogP contribution in [0.4, 0.5) is 0 Å². The molecule has 0 saturated carbocycles. The highest BCUT2D eigenvalue weighted by Gasteiger charge is 2.34. The van der Waals surface area contributed by atoms with E-state index < -0.39 is 22.2 Å². The van der Waals surface area contributed by atoms with E-state index in [4.69, 9.17) is 9.26 Å². The maximum absolute atomic E-state index is 13.9. The van der Waals surface area contributed by atoms with E-state index in [1.807, 2.05) is 49.4 Å². The van der Waals surface area contributed by atoms with Crippen molar-refractivity contribution in [1.82, 2.24) is 14.4 Å². The highest BCUT2D eigenvalue weighted by molar-refractivity contribution is 7.89. The van der Waals surface area contributed by atoms with Gasteiger partial charge in [-0.15, -0.1) is 0 Å². The second-order valence-corrected chi connectivity index (χ2v) is 11.9. The number of ether oxygens (including phenoxy) is 1. The molecule has 1 amide bonds. The van der Waals surface area contributed by atoms with Gasteiger partial charge in [-0.25, -0.2) is 8.42 Å². The van der Waals surface area contributed by atoms with E-state index in [0.29, 0.717) is 11.3 Å². The Morgan fingerprint density at radius 1 is 1.11 bits per heavy atom. The first-order chi connectivity index (χ1) is 18.1. The maximum Gasteiger partial charge on any atom is 0.254 e. The van der Waals surface area contributed by atoms with Crippen molar-refractivity contribution in [2.75, 3.05) is 26.7 Å². The fraction of sp³-hybridized carbons (Fsp3) is 0.429. The van der Waals surface area contributed by atoms with Crippen LogP contribution in [0.3, 0.4) is 0 Å². The quantitative estimate of drug-likeness (QED) is 0.507. The molecule has 0 unspecified atom stereocenters. The van der Waals surface area contributed by atoms with E-state index in [1.54, 1.807) is 31.7 Å². The Kier molecular flexibility index (Phi) is 8.37. The van der Waals surface area contributed by atoms with Crippen LogP contribution in [-0.4, -0.2) is 72.7 Å². The van der Waals surface area contributed by atoms with Crippen molar-refractivity contribution in [3.63, 3.8) is 0 Å². The van der Waals surface area contributed by atoms with Crippen molar-refractivity contribution in [3.05, 3.63) is 71.1 Å². The monoisotopic (exact) mass is 541 g/mol. The summed E-state index contributed by atoms with van der Waals surface area (Å²) in [6.45, 7) is 7.25. The van der Waals surface area contributed by atoms with E-state index in [2.05, 4.69) is 5.16 Å². The number of carbonyl (C=O) groups is 1. The SMILES string of the molecule is Cc1noc(C)c1S(=O)(=O)N(C)C[C@@H]1OCc2ccccc2-c2ccccc2C(=O)N([C@@H](C)CO)C[C@@H]1C. The van der Waals surface area contributed by atoms with Crippen LogP contribution in [0.15, 0.2) is 57.9 Å². The molecule has 3 atom stereocenters. The molecular formula is C28H35N3O6S. The molecule has 1 aromatic heterocycles. The lowest BCUT2D eigenvalue weighted by Crippen LogP contribution is -2.47. The lowest BCUT2D eigenvalue weighted by Gasteiger charge is -2.35. The van der Waals surface area contributed by atoms with Crippen molar-refractivity contribution in [2.24, 2.45) is 5.92 Å². The Balaban J connectivity index is 1.75. The molecule has 1 N–H and O–H groups in total. The molecule has 10 heteroatoms. The largest absolute Gasteiger partial charge is 0.394 e. The molecule has 2 aromatic carbocycles. The average molecular weight is 542 g/mol. The van der Waals surface area contributed by atoms with Crippen LogP contribution in [0.2, 0.25) is 0 Å². The minimum absolute atomic E-state index is 0.0517.